The molecule has 3 aromatic rings. The van der Waals surface area contributed by atoms with E-state index in [9.17, 15) is 4.79 Å². The second-order valence-corrected chi connectivity index (χ2v) is 5.33. The van der Waals surface area contributed by atoms with E-state index in [2.05, 4.69) is 16.4 Å². The van der Waals surface area contributed by atoms with E-state index in [0.29, 0.717) is 0 Å². The van der Waals surface area contributed by atoms with Crippen LogP contribution in [0.2, 0.25) is 0 Å². The van der Waals surface area contributed by atoms with Gasteiger partial charge >= 0.3 is 0 Å². The molecule has 0 aliphatic carbocycles. The fourth-order valence-electron chi connectivity index (χ4n) is 2.90. The summed E-state index contributed by atoms with van der Waals surface area (Å²) in [6.45, 7) is 2.03. The van der Waals surface area contributed by atoms with Gasteiger partial charge in [0.1, 0.15) is 0 Å². The molecular weight excluding hydrogens is 260 g/mol. The molecule has 3 heteroatoms. The number of carbonyl (C=O) groups is 1. The van der Waals surface area contributed by atoms with Crippen molar-refractivity contribution in [1.29, 1.82) is 0 Å². The minimum atomic E-state index is -0.0338. The summed E-state index contributed by atoms with van der Waals surface area (Å²) in [6.07, 6.45) is 3.88. The van der Waals surface area contributed by atoms with Crippen LogP contribution in [-0.2, 0) is 4.79 Å². The lowest BCUT2D eigenvalue weighted by molar-refractivity contribution is -0.110. The van der Waals surface area contributed by atoms with Gasteiger partial charge in [-0.3, -0.25) is 4.79 Å². The number of aromatic nitrogens is 1. The van der Waals surface area contributed by atoms with Gasteiger partial charge in [-0.15, -0.1) is 0 Å². The maximum absolute atomic E-state index is 12.2. The molecule has 0 unspecified atom stereocenters. The summed E-state index contributed by atoms with van der Waals surface area (Å²) < 4.78 is 0. The van der Waals surface area contributed by atoms with Crippen molar-refractivity contribution < 1.29 is 4.79 Å². The van der Waals surface area contributed by atoms with E-state index in [4.69, 9.17) is 0 Å². The van der Waals surface area contributed by atoms with Gasteiger partial charge in [0.25, 0.3) is 5.91 Å². The summed E-state index contributed by atoms with van der Waals surface area (Å²) in [4.78, 5) is 15.4. The molecule has 0 bridgehead atoms. The van der Waals surface area contributed by atoms with E-state index in [1.54, 1.807) is 0 Å². The Bertz CT molecular complexity index is 902. The van der Waals surface area contributed by atoms with Crippen molar-refractivity contribution in [3.05, 3.63) is 65.4 Å². The Hall–Kier alpha value is -2.81. The lowest BCUT2D eigenvalue weighted by atomic mass is 9.99. The average molecular weight is 274 g/mol. The molecule has 102 valence electrons. The molecule has 0 saturated carbocycles. The summed E-state index contributed by atoms with van der Waals surface area (Å²) in [6, 6.07) is 14.1. The Labute approximate surface area is 122 Å². The number of hydrogen-bond donors (Lipinski definition) is 2. The first-order chi connectivity index (χ1) is 10.2. The molecule has 2 aromatic carbocycles. The number of fused-ring (bicyclic) bond motifs is 2. The average Bonchev–Trinajstić information content (AvgIpc) is 3.04. The fourth-order valence-corrected chi connectivity index (χ4v) is 2.90. The highest BCUT2D eigenvalue weighted by molar-refractivity contribution is 6.35. The monoisotopic (exact) mass is 274 g/mol. The standard InChI is InChI=1S/C18H14N2O/c1-11-3-2-4-16-17(11)14(18(21)20-16)10-12-5-6-15-13(9-12)7-8-19-15/h2-10,19H,1H3,(H,20,21)/b14-10-. The summed E-state index contributed by atoms with van der Waals surface area (Å²) in [7, 11) is 0. The summed E-state index contributed by atoms with van der Waals surface area (Å²) in [5, 5.41) is 4.07. The van der Waals surface area contributed by atoms with E-state index in [0.717, 1.165) is 38.9 Å². The van der Waals surface area contributed by atoms with Crippen molar-refractivity contribution >= 4 is 34.1 Å². The van der Waals surface area contributed by atoms with Crippen LogP contribution >= 0.6 is 0 Å². The molecule has 1 aliphatic heterocycles. The highest BCUT2D eigenvalue weighted by Crippen LogP contribution is 2.35. The molecular formula is C18H14N2O. The molecule has 4 rings (SSSR count). The minimum Gasteiger partial charge on any atom is -0.361 e. The number of aryl methyl sites for hydroxylation is 1. The number of benzene rings is 2. The zero-order valence-corrected chi connectivity index (χ0v) is 11.6. The molecule has 21 heavy (non-hydrogen) atoms. The number of hydrogen-bond acceptors (Lipinski definition) is 1. The minimum absolute atomic E-state index is 0.0338. The van der Waals surface area contributed by atoms with E-state index >= 15 is 0 Å². The predicted octanol–water partition coefficient (Wildman–Crippen LogP) is 3.97. The Morgan fingerprint density at radius 2 is 2.00 bits per heavy atom. The molecule has 1 aromatic heterocycles. The van der Waals surface area contributed by atoms with Crippen molar-refractivity contribution in [3.8, 4) is 0 Å². The lowest BCUT2D eigenvalue weighted by Crippen LogP contribution is -2.03. The van der Waals surface area contributed by atoms with Gasteiger partial charge in [0.05, 0.1) is 0 Å². The number of rotatable bonds is 1. The maximum atomic E-state index is 12.2. The summed E-state index contributed by atoms with van der Waals surface area (Å²) in [5.41, 5.74) is 5.89. The van der Waals surface area contributed by atoms with E-state index < -0.39 is 0 Å². The molecule has 0 saturated heterocycles. The molecule has 0 fully saturated rings. The number of nitrogens with one attached hydrogen (secondary N) is 2. The molecule has 2 N–H and O–H groups in total. The lowest BCUT2D eigenvalue weighted by Gasteiger charge is -2.03. The molecule has 0 atom stereocenters. The van der Waals surface area contributed by atoms with Crippen LogP contribution in [0.25, 0.3) is 22.6 Å². The van der Waals surface area contributed by atoms with Gasteiger partial charge < -0.3 is 10.3 Å². The van der Waals surface area contributed by atoms with Crippen LogP contribution in [0.5, 0.6) is 0 Å². The van der Waals surface area contributed by atoms with Gasteiger partial charge in [-0.25, -0.2) is 0 Å². The molecule has 2 heterocycles. The molecule has 3 nitrogen and oxygen atoms in total. The predicted molar refractivity (Wildman–Crippen MR) is 86.0 cm³/mol. The number of H-pyrrole nitrogens is 1. The van der Waals surface area contributed by atoms with Crippen molar-refractivity contribution in [2.24, 2.45) is 0 Å². The van der Waals surface area contributed by atoms with Crippen molar-refractivity contribution in [2.75, 3.05) is 5.32 Å². The zero-order valence-electron chi connectivity index (χ0n) is 11.6. The van der Waals surface area contributed by atoms with Gasteiger partial charge in [0.15, 0.2) is 0 Å². The molecule has 1 aliphatic rings. The van der Waals surface area contributed by atoms with Crippen molar-refractivity contribution in [3.63, 3.8) is 0 Å². The van der Waals surface area contributed by atoms with E-state index in [1.807, 2.05) is 55.6 Å². The highest BCUT2D eigenvalue weighted by Gasteiger charge is 2.25. The Balaban J connectivity index is 1.88. The number of carbonyl (C=O) groups excluding carboxylic acids is 1. The topological polar surface area (TPSA) is 44.9 Å². The molecule has 1 amide bonds. The second-order valence-electron chi connectivity index (χ2n) is 5.33. The van der Waals surface area contributed by atoms with E-state index in [1.165, 1.54) is 0 Å². The normalized spacial score (nSPS) is 15.5. The second kappa shape index (κ2) is 4.35. The van der Waals surface area contributed by atoms with Crippen LogP contribution in [0.1, 0.15) is 16.7 Å². The Morgan fingerprint density at radius 1 is 1.10 bits per heavy atom. The van der Waals surface area contributed by atoms with Crippen LogP contribution in [-0.4, -0.2) is 10.9 Å². The number of aromatic amines is 1. The molecule has 0 spiro atoms. The van der Waals surface area contributed by atoms with Gasteiger partial charge in [0.2, 0.25) is 0 Å². The Morgan fingerprint density at radius 3 is 2.90 bits per heavy atom. The van der Waals surface area contributed by atoms with Crippen molar-refractivity contribution in [2.45, 2.75) is 6.92 Å². The van der Waals surface area contributed by atoms with Gasteiger partial charge in [-0.05, 0) is 53.8 Å². The third-order valence-electron chi connectivity index (χ3n) is 3.92. The van der Waals surface area contributed by atoms with Crippen LogP contribution in [0, 0.1) is 6.92 Å². The third-order valence-corrected chi connectivity index (χ3v) is 3.92. The first-order valence-corrected chi connectivity index (χ1v) is 6.92. The largest absolute Gasteiger partial charge is 0.361 e. The number of amides is 1. The van der Waals surface area contributed by atoms with Crippen molar-refractivity contribution in [1.82, 2.24) is 4.98 Å². The third kappa shape index (κ3) is 1.86. The zero-order chi connectivity index (χ0) is 14.4. The number of anilines is 1. The van der Waals surface area contributed by atoms with E-state index in [-0.39, 0.29) is 5.91 Å². The summed E-state index contributed by atoms with van der Waals surface area (Å²) >= 11 is 0. The van der Waals surface area contributed by atoms with Gasteiger partial charge in [-0.1, -0.05) is 18.2 Å². The summed E-state index contributed by atoms with van der Waals surface area (Å²) in [5.74, 6) is -0.0338. The highest BCUT2D eigenvalue weighted by atomic mass is 16.2. The first kappa shape index (κ1) is 12.0. The Kier molecular flexibility index (Phi) is 2.48. The quantitative estimate of drug-likeness (QED) is 0.648. The fraction of sp³-hybridized carbons (Fsp3) is 0.0556. The van der Waals surface area contributed by atoms with Crippen LogP contribution in [0.3, 0.4) is 0 Å². The van der Waals surface area contributed by atoms with Crippen LogP contribution in [0.4, 0.5) is 5.69 Å². The van der Waals surface area contributed by atoms with Gasteiger partial charge in [0, 0.05) is 28.5 Å². The first-order valence-electron chi connectivity index (χ1n) is 6.92. The maximum Gasteiger partial charge on any atom is 0.256 e. The van der Waals surface area contributed by atoms with Crippen LogP contribution < -0.4 is 5.32 Å². The SMILES string of the molecule is Cc1cccc2c1/C(=C/c1ccc3[nH]ccc3c1)C(=O)N2. The van der Waals surface area contributed by atoms with Gasteiger partial charge in [-0.2, -0.15) is 0 Å². The molecule has 0 radical (unpaired) electrons. The van der Waals surface area contributed by atoms with Crippen LogP contribution in [0.15, 0.2) is 48.7 Å². The smallest absolute Gasteiger partial charge is 0.256 e.